The van der Waals surface area contributed by atoms with Crippen molar-refractivity contribution >= 4 is 11.7 Å². The largest absolute Gasteiger partial charge is 0.353 e. The van der Waals surface area contributed by atoms with Crippen LogP contribution >= 0.6 is 0 Å². The smallest absolute Gasteiger partial charge is 0.231 e. The molecule has 5 heteroatoms. The van der Waals surface area contributed by atoms with Crippen molar-refractivity contribution in [3.8, 4) is 0 Å². The number of anilines is 1. The Morgan fingerprint density at radius 2 is 1.74 bits per heavy atom. The molecule has 2 aromatic rings. The number of hydrogen-bond acceptors (Lipinski definition) is 4. The molecular weight excluding hydrogens is 288 g/mol. The number of hydrogen-bond donors (Lipinski definition) is 1. The summed E-state index contributed by atoms with van der Waals surface area (Å²) in [5.41, 5.74) is 6.86. The SMILES string of the molecule is NCC(C(=O)N1CCN(c2ccccn2)CC1)c1ccccc1. The van der Waals surface area contributed by atoms with Crippen molar-refractivity contribution in [2.45, 2.75) is 5.92 Å². The van der Waals surface area contributed by atoms with Gasteiger partial charge in [-0.05, 0) is 17.7 Å². The van der Waals surface area contributed by atoms with Crippen molar-refractivity contribution < 1.29 is 4.79 Å². The van der Waals surface area contributed by atoms with Gasteiger partial charge in [-0.3, -0.25) is 4.79 Å². The van der Waals surface area contributed by atoms with Crippen LogP contribution in [0.1, 0.15) is 11.5 Å². The fourth-order valence-corrected chi connectivity index (χ4v) is 2.98. The first kappa shape index (κ1) is 15.5. The van der Waals surface area contributed by atoms with Crippen molar-refractivity contribution in [1.82, 2.24) is 9.88 Å². The van der Waals surface area contributed by atoms with E-state index in [-0.39, 0.29) is 11.8 Å². The fraction of sp³-hybridized carbons (Fsp3) is 0.333. The molecule has 0 aliphatic carbocycles. The second kappa shape index (κ2) is 7.24. The molecule has 1 fully saturated rings. The highest BCUT2D eigenvalue weighted by molar-refractivity contribution is 5.84. The first-order chi connectivity index (χ1) is 11.3. The predicted molar refractivity (Wildman–Crippen MR) is 91.3 cm³/mol. The van der Waals surface area contributed by atoms with Crippen LogP contribution in [0.5, 0.6) is 0 Å². The summed E-state index contributed by atoms with van der Waals surface area (Å²) >= 11 is 0. The lowest BCUT2D eigenvalue weighted by Gasteiger charge is -2.37. The summed E-state index contributed by atoms with van der Waals surface area (Å²) in [5.74, 6) is 0.843. The molecule has 0 saturated carbocycles. The Labute approximate surface area is 136 Å². The van der Waals surface area contributed by atoms with E-state index < -0.39 is 0 Å². The summed E-state index contributed by atoms with van der Waals surface area (Å²) in [4.78, 5) is 21.3. The monoisotopic (exact) mass is 310 g/mol. The van der Waals surface area contributed by atoms with Crippen LogP contribution in [-0.4, -0.2) is 48.5 Å². The molecule has 120 valence electrons. The zero-order chi connectivity index (χ0) is 16.1. The van der Waals surface area contributed by atoms with Gasteiger partial charge in [0.05, 0.1) is 5.92 Å². The highest BCUT2D eigenvalue weighted by Crippen LogP contribution is 2.19. The number of pyridine rings is 1. The third kappa shape index (κ3) is 3.51. The lowest BCUT2D eigenvalue weighted by atomic mass is 9.97. The highest BCUT2D eigenvalue weighted by atomic mass is 16.2. The molecule has 2 N–H and O–H groups in total. The number of piperazine rings is 1. The van der Waals surface area contributed by atoms with Gasteiger partial charge in [0, 0.05) is 38.9 Å². The van der Waals surface area contributed by atoms with Crippen LogP contribution in [0.2, 0.25) is 0 Å². The molecular formula is C18H22N4O. The highest BCUT2D eigenvalue weighted by Gasteiger charge is 2.27. The predicted octanol–water partition coefficient (Wildman–Crippen LogP) is 1.47. The summed E-state index contributed by atoms with van der Waals surface area (Å²) in [6.45, 7) is 3.35. The van der Waals surface area contributed by atoms with Gasteiger partial charge in [0.1, 0.15) is 5.82 Å². The minimum atomic E-state index is -0.252. The Kier molecular flexibility index (Phi) is 4.88. The summed E-state index contributed by atoms with van der Waals surface area (Å²) in [5, 5.41) is 0. The molecule has 0 radical (unpaired) electrons. The number of carbonyl (C=O) groups excluding carboxylic acids is 1. The molecule has 0 spiro atoms. The van der Waals surface area contributed by atoms with Gasteiger partial charge in [0.25, 0.3) is 0 Å². The Bertz CT molecular complexity index is 624. The molecule has 23 heavy (non-hydrogen) atoms. The van der Waals surface area contributed by atoms with Gasteiger partial charge in [-0.1, -0.05) is 36.4 Å². The molecule has 5 nitrogen and oxygen atoms in total. The fourth-order valence-electron chi connectivity index (χ4n) is 2.98. The van der Waals surface area contributed by atoms with Gasteiger partial charge in [0.2, 0.25) is 5.91 Å². The third-order valence-corrected chi connectivity index (χ3v) is 4.30. The van der Waals surface area contributed by atoms with E-state index in [4.69, 9.17) is 5.73 Å². The molecule has 0 bridgehead atoms. The maximum absolute atomic E-state index is 12.8. The topological polar surface area (TPSA) is 62.5 Å². The zero-order valence-corrected chi connectivity index (χ0v) is 13.1. The van der Waals surface area contributed by atoms with Crippen molar-refractivity contribution in [3.63, 3.8) is 0 Å². The van der Waals surface area contributed by atoms with Crippen LogP contribution in [0.15, 0.2) is 54.7 Å². The molecule has 1 aliphatic heterocycles. The second-order valence-electron chi connectivity index (χ2n) is 5.70. The summed E-state index contributed by atoms with van der Waals surface area (Å²) in [6, 6.07) is 15.7. The maximum atomic E-state index is 12.8. The van der Waals surface area contributed by atoms with E-state index in [1.807, 2.05) is 53.4 Å². The molecule has 1 amide bonds. The lowest BCUT2D eigenvalue weighted by Crippen LogP contribution is -2.51. The van der Waals surface area contributed by atoms with E-state index in [9.17, 15) is 4.79 Å². The van der Waals surface area contributed by atoms with Gasteiger partial charge >= 0.3 is 0 Å². The van der Waals surface area contributed by atoms with E-state index in [0.29, 0.717) is 19.6 Å². The van der Waals surface area contributed by atoms with Crippen molar-refractivity contribution in [3.05, 3.63) is 60.3 Å². The van der Waals surface area contributed by atoms with E-state index in [2.05, 4.69) is 9.88 Å². The number of benzene rings is 1. The van der Waals surface area contributed by atoms with E-state index >= 15 is 0 Å². The van der Waals surface area contributed by atoms with Crippen molar-refractivity contribution in [1.29, 1.82) is 0 Å². The summed E-state index contributed by atoms with van der Waals surface area (Å²) in [7, 11) is 0. The van der Waals surface area contributed by atoms with E-state index in [1.54, 1.807) is 6.20 Å². The Hall–Kier alpha value is -2.40. The number of nitrogens with two attached hydrogens (primary N) is 1. The first-order valence-electron chi connectivity index (χ1n) is 7.99. The molecule has 1 unspecified atom stereocenters. The van der Waals surface area contributed by atoms with Crippen LogP contribution in [0, 0.1) is 0 Å². The van der Waals surface area contributed by atoms with Crippen molar-refractivity contribution in [2.75, 3.05) is 37.6 Å². The minimum Gasteiger partial charge on any atom is -0.353 e. The van der Waals surface area contributed by atoms with Crippen LogP contribution in [-0.2, 0) is 4.79 Å². The Morgan fingerprint density at radius 3 is 2.35 bits per heavy atom. The Balaban J connectivity index is 1.64. The van der Waals surface area contributed by atoms with Gasteiger partial charge < -0.3 is 15.5 Å². The number of nitrogens with zero attached hydrogens (tertiary/aromatic N) is 3. The maximum Gasteiger partial charge on any atom is 0.231 e. The molecule has 3 rings (SSSR count). The molecule has 1 aromatic carbocycles. The minimum absolute atomic E-state index is 0.124. The van der Waals surface area contributed by atoms with E-state index in [0.717, 1.165) is 24.5 Å². The van der Waals surface area contributed by atoms with Gasteiger partial charge in [-0.25, -0.2) is 4.98 Å². The summed E-state index contributed by atoms with van der Waals surface area (Å²) in [6.07, 6.45) is 1.80. The lowest BCUT2D eigenvalue weighted by molar-refractivity contribution is -0.132. The molecule has 1 aliphatic rings. The quantitative estimate of drug-likeness (QED) is 0.929. The molecule has 2 heterocycles. The van der Waals surface area contributed by atoms with Gasteiger partial charge in [-0.2, -0.15) is 0 Å². The number of aromatic nitrogens is 1. The van der Waals surface area contributed by atoms with Gasteiger partial charge in [0.15, 0.2) is 0 Å². The summed E-state index contributed by atoms with van der Waals surface area (Å²) < 4.78 is 0. The second-order valence-corrected chi connectivity index (χ2v) is 5.70. The van der Waals surface area contributed by atoms with Crippen LogP contribution in [0.25, 0.3) is 0 Å². The molecule has 1 saturated heterocycles. The molecule has 1 atom stereocenters. The third-order valence-electron chi connectivity index (χ3n) is 4.30. The van der Waals surface area contributed by atoms with Gasteiger partial charge in [-0.15, -0.1) is 0 Å². The van der Waals surface area contributed by atoms with Crippen LogP contribution in [0.3, 0.4) is 0 Å². The standard InChI is InChI=1S/C18H22N4O/c19-14-16(15-6-2-1-3-7-15)18(23)22-12-10-21(11-13-22)17-8-4-5-9-20-17/h1-9,16H,10-14,19H2. The van der Waals surface area contributed by atoms with Crippen LogP contribution < -0.4 is 10.6 Å². The zero-order valence-electron chi connectivity index (χ0n) is 13.1. The number of rotatable bonds is 4. The first-order valence-corrected chi connectivity index (χ1v) is 7.99. The van der Waals surface area contributed by atoms with Crippen LogP contribution in [0.4, 0.5) is 5.82 Å². The Morgan fingerprint density at radius 1 is 1.04 bits per heavy atom. The van der Waals surface area contributed by atoms with Crippen molar-refractivity contribution in [2.24, 2.45) is 5.73 Å². The number of carbonyl (C=O) groups is 1. The van der Waals surface area contributed by atoms with E-state index in [1.165, 1.54) is 0 Å². The molecule has 1 aromatic heterocycles. The normalized spacial score (nSPS) is 16.2. The average Bonchev–Trinajstić information content (AvgIpc) is 2.64. The number of amides is 1. The average molecular weight is 310 g/mol.